The van der Waals surface area contributed by atoms with Gasteiger partial charge in [-0.15, -0.1) is 0 Å². The molecular formula is C15H17NO4S. The molecule has 0 spiro atoms. The van der Waals surface area contributed by atoms with Crippen molar-refractivity contribution in [3.8, 4) is 10.8 Å². The fourth-order valence-corrected chi connectivity index (χ4v) is 2.92. The average molecular weight is 307 g/mol. The van der Waals surface area contributed by atoms with Gasteiger partial charge in [-0.2, -0.15) is 0 Å². The summed E-state index contributed by atoms with van der Waals surface area (Å²) in [5.74, 6) is 0.606. The summed E-state index contributed by atoms with van der Waals surface area (Å²) >= 11 is 1.10. The third-order valence-electron chi connectivity index (χ3n) is 3.27. The quantitative estimate of drug-likeness (QED) is 0.670. The third kappa shape index (κ3) is 3.22. The number of aliphatic hydroxyl groups is 1. The van der Waals surface area contributed by atoms with Crippen LogP contribution in [0.4, 0.5) is 5.69 Å². The van der Waals surface area contributed by atoms with E-state index in [-0.39, 0.29) is 10.8 Å². The van der Waals surface area contributed by atoms with Crippen molar-refractivity contribution in [2.24, 2.45) is 0 Å². The van der Waals surface area contributed by atoms with Crippen LogP contribution in [-0.4, -0.2) is 10.0 Å². The van der Waals surface area contributed by atoms with Gasteiger partial charge in [0.15, 0.2) is 0 Å². The Bertz CT molecular complexity index is 691. The number of hydrogen-bond acceptors (Lipinski definition) is 5. The van der Waals surface area contributed by atoms with Crippen molar-refractivity contribution in [2.45, 2.75) is 33.8 Å². The summed E-state index contributed by atoms with van der Waals surface area (Å²) in [5.41, 5.74) is 2.93. The molecule has 5 nitrogen and oxygen atoms in total. The minimum absolute atomic E-state index is 0.116. The molecule has 1 aromatic heterocycles. The molecule has 6 heteroatoms. The molecule has 0 amide bonds. The van der Waals surface area contributed by atoms with Crippen molar-refractivity contribution in [1.82, 2.24) is 0 Å². The molecule has 1 N–H and O–H groups in total. The Morgan fingerprint density at radius 2 is 1.95 bits per heavy atom. The maximum atomic E-state index is 11.1. The average Bonchev–Trinajstić information content (AvgIpc) is 2.79. The monoisotopic (exact) mass is 307 g/mol. The molecule has 112 valence electrons. The second-order valence-electron chi connectivity index (χ2n) is 5.06. The van der Waals surface area contributed by atoms with Gasteiger partial charge >= 0.3 is 5.69 Å². The van der Waals surface area contributed by atoms with Gasteiger partial charge in [-0.1, -0.05) is 17.4 Å². The molecule has 0 saturated heterocycles. The van der Waals surface area contributed by atoms with Crippen molar-refractivity contribution in [2.75, 3.05) is 0 Å². The maximum absolute atomic E-state index is 11.1. The van der Waals surface area contributed by atoms with E-state index in [4.69, 9.17) is 4.74 Å². The van der Waals surface area contributed by atoms with Gasteiger partial charge in [0.05, 0.1) is 11.0 Å². The third-order valence-corrected chi connectivity index (χ3v) is 4.45. The number of hydrogen-bond donors (Lipinski definition) is 1. The van der Waals surface area contributed by atoms with Crippen molar-refractivity contribution < 1.29 is 14.8 Å². The van der Waals surface area contributed by atoms with Crippen LogP contribution in [-0.2, 0) is 0 Å². The molecule has 0 saturated carbocycles. The predicted molar refractivity (Wildman–Crippen MR) is 82.3 cm³/mol. The second kappa shape index (κ2) is 5.83. The normalized spacial score (nSPS) is 12.2. The number of rotatable bonds is 4. The molecule has 2 aromatic rings. The van der Waals surface area contributed by atoms with E-state index >= 15 is 0 Å². The Kier molecular flexibility index (Phi) is 4.29. The Labute approximate surface area is 127 Å². The van der Waals surface area contributed by atoms with Crippen LogP contribution in [0.3, 0.4) is 0 Å². The molecule has 0 aliphatic heterocycles. The lowest BCUT2D eigenvalue weighted by atomic mass is 10.1. The standard InChI is InChI=1S/C15H17NO4S/c1-8-5-9(2)10(3)13(6-8)20-15-12(16(18)19)7-14(21-15)11(4)17/h5-7,11,17H,1-4H3. The maximum Gasteiger partial charge on any atom is 0.323 e. The molecule has 0 bridgehead atoms. The van der Waals surface area contributed by atoms with Gasteiger partial charge in [-0.05, 0) is 50.5 Å². The Morgan fingerprint density at radius 1 is 1.29 bits per heavy atom. The lowest BCUT2D eigenvalue weighted by Crippen LogP contribution is -1.93. The summed E-state index contributed by atoms with van der Waals surface area (Å²) in [7, 11) is 0. The summed E-state index contributed by atoms with van der Waals surface area (Å²) in [6, 6.07) is 5.25. The Balaban J connectivity index is 2.46. The predicted octanol–water partition coefficient (Wildman–Crippen LogP) is 4.43. The van der Waals surface area contributed by atoms with Gasteiger partial charge in [0.25, 0.3) is 5.06 Å². The number of nitro groups is 1. The van der Waals surface area contributed by atoms with E-state index in [0.717, 1.165) is 28.0 Å². The molecule has 2 rings (SSSR count). The summed E-state index contributed by atoms with van der Waals surface area (Å²) in [6.45, 7) is 7.41. The number of thiophene rings is 1. The molecule has 0 radical (unpaired) electrons. The van der Waals surface area contributed by atoms with Gasteiger partial charge < -0.3 is 9.84 Å². The zero-order valence-electron chi connectivity index (χ0n) is 12.3. The molecule has 1 unspecified atom stereocenters. The van der Waals surface area contributed by atoms with Crippen LogP contribution in [0.1, 0.15) is 34.6 Å². The van der Waals surface area contributed by atoms with E-state index in [1.165, 1.54) is 6.07 Å². The molecule has 0 aliphatic carbocycles. The van der Waals surface area contributed by atoms with Gasteiger partial charge in [-0.3, -0.25) is 10.1 Å². The first-order valence-corrected chi connectivity index (χ1v) is 7.33. The van der Waals surface area contributed by atoms with Crippen LogP contribution in [0.2, 0.25) is 0 Å². The van der Waals surface area contributed by atoms with E-state index < -0.39 is 11.0 Å². The number of aliphatic hydroxyl groups excluding tert-OH is 1. The number of benzene rings is 1. The fraction of sp³-hybridized carbons (Fsp3) is 0.333. The van der Waals surface area contributed by atoms with Crippen LogP contribution in [0.5, 0.6) is 10.8 Å². The van der Waals surface area contributed by atoms with Gasteiger partial charge in [0.2, 0.25) is 0 Å². The number of nitrogens with zero attached hydrogens (tertiary/aromatic N) is 1. The molecule has 0 aliphatic rings. The van der Waals surface area contributed by atoms with Crippen molar-refractivity contribution in [3.63, 3.8) is 0 Å². The van der Waals surface area contributed by atoms with Crippen LogP contribution >= 0.6 is 11.3 Å². The van der Waals surface area contributed by atoms with E-state index in [0.29, 0.717) is 10.6 Å². The first kappa shape index (κ1) is 15.5. The smallest absolute Gasteiger partial charge is 0.323 e. The summed E-state index contributed by atoms with van der Waals surface area (Å²) in [5, 5.41) is 20.9. The van der Waals surface area contributed by atoms with Crippen LogP contribution in [0.25, 0.3) is 0 Å². The van der Waals surface area contributed by atoms with Crippen molar-refractivity contribution >= 4 is 17.0 Å². The first-order valence-electron chi connectivity index (χ1n) is 6.51. The van der Waals surface area contributed by atoms with Crippen molar-refractivity contribution in [1.29, 1.82) is 0 Å². The molecule has 1 heterocycles. The number of aryl methyl sites for hydroxylation is 2. The van der Waals surface area contributed by atoms with Gasteiger partial charge in [0, 0.05) is 10.9 Å². The highest BCUT2D eigenvalue weighted by molar-refractivity contribution is 7.14. The molecule has 1 atom stereocenters. The first-order chi connectivity index (χ1) is 9.79. The van der Waals surface area contributed by atoms with E-state index in [1.54, 1.807) is 6.92 Å². The highest BCUT2D eigenvalue weighted by Gasteiger charge is 2.23. The minimum atomic E-state index is -0.758. The zero-order valence-corrected chi connectivity index (χ0v) is 13.2. The van der Waals surface area contributed by atoms with Crippen LogP contribution < -0.4 is 4.74 Å². The van der Waals surface area contributed by atoms with Crippen LogP contribution in [0, 0.1) is 30.9 Å². The second-order valence-corrected chi connectivity index (χ2v) is 6.11. The Hall–Kier alpha value is -1.92. The molecule has 1 aromatic carbocycles. The molecule has 0 fully saturated rings. The summed E-state index contributed by atoms with van der Waals surface area (Å²) < 4.78 is 5.76. The highest BCUT2D eigenvalue weighted by atomic mass is 32.1. The summed E-state index contributed by atoms with van der Waals surface area (Å²) in [4.78, 5) is 11.1. The lowest BCUT2D eigenvalue weighted by Gasteiger charge is -2.10. The van der Waals surface area contributed by atoms with Crippen molar-refractivity contribution in [3.05, 3.63) is 49.9 Å². The van der Waals surface area contributed by atoms with E-state index in [2.05, 4.69) is 0 Å². The molecular weight excluding hydrogens is 290 g/mol. The lowest BCUT2D eigenvalue weighted by molar-refractivity contribution is -0.385. The largest absolute Gasteiger partial charge is 0.440 e. The Morgan fingerprint density at radius 3 is 2.52 bits per heavy atom. The van der Waals surface area contributed by atoms with E-state index in [9.17, 15) is 15.2 Å². The fourth-order valence-electron chi connectivity index (χ4n) is 2.00. The summed E-state index contributed by atoms with van der Waals surface area (Å²) in [6.07, 6.45) is -0.758. The topological polar surface area (TPSA) is 72.6 Å². The van der Waals surface area contributed by atoms with Crippen LogP contribution in [0.15, 0.2) is 18.2 Å². The van der Waals surface area contributed by atoms with Gasteiger partial charge in [0.1, 0.15) is 5.75 Å². The molecule has 21 heavy (non-hydrogen) atoms. The zero-order chi connectivity index (χ0) is 15.7. The van der Waals surface area contributed by atoms with E-state index in [1.807, 2.05) is 32.9 Å². The number of ether oxygens (including phenoxy) is 1. The highest BCUT2D eigenvalue weighted by Crippen LogP contribution is 2.42. The SMILES string of the molecule is Cc1cc(C)c(C)c(Oc2sc(C(C)O)cc2[N+](=O)[O-])c1. The minimum Gasteiger partial charge on any atom is -0.440 e. The van der Waals surface area contributed by atoms with Gasteiger partial charge in [-0.25, -0.2) is 0 Å².